The van der Waals surface area contributed by atoms with Crippen LogP contribution in [0.5, 0.6) is 0 Å². The number of furan rings is 1. The Bertz CT molecular complexity index is 1210. The molecule has 1 aromatic heterocycles. The molecule has 0 aliphatic carbocycles. The van der Waals surface area contributed by atoms with Gasteiger partial charge in [-0.3, -0.25) is 4.79 Å². The number of nitrogens with one attached hydrogen (secondary N) is 1. The SMILES string of the molecule is O=C(NCc1ccc2ccccc2c1)c1cc(-c2ccc(Cl)cc2)oc1C(F)(F)F. The second-order valence-electron chi connectivity index (χ2n) is 6.72. The van der Waals surface area contributed by atoms with Gasteiger partial charge in [-0.05, 0) is 52.7 Å². The van der Waals surface area contributed by atoms with E-state index in [2.05, 4.69) is 5.32 Å². The smallest absolute Gasteiger partial charge is 0.450 e. The van der Waals surface area contributed by atoms with Crippen LogP contribution in [-0.2, 0) is 12.7 Å². The molecule has 0 saturated carbocycles. The number of hydrogen-bond acceptors (Lipinski definition) is 2. The first-order chi connectivity index (χ1) is 14.3. The van der Waals surface area contributed by atoms with E-state index in [1.54, 1.807) is 0 Å². The normalized spacial score (nSPS) is 11.6. The summed E-state index contributed by atoms with van der Waals surface area (Å²) in [6.45, 7) is 0.0857. The van der Waals surface area contributed by atoms with Crippen LogP contribution in [0.25, 0.3) is 22.1 Å². The summed E-state index contributed by atoms with van der Waals surface area (Å²) in [6.07, 6.45) is -4.81. The van der Waals surface area contributed by atoms with Crippen molar-refractivity contribution in [1.29, 1.82) is 0 Å². The third kappa shape index (κ3) is 4.19. The maximum atomic E-state index is 13.4. The van der Waals surface area contributed by atoms with Crippen LogP contribution >= 0.6 is 11.6 Å². The molecule has 1 N–H and O–H groups in total. The van der Waals surface area contributed by atoms with E-state index in [1.807, 2.05) is 42.5 Å². The lowest BCUT2D eigenvalue weighted by molar-refractivity contribution is -0.153. The lowest BCUT2D eigenvalue weighted by atomic mass is 10.1. The topological polar surface area (TPSA) is 42.2 Å². The highest BCUT2D eigenvalue weighted by Gasteiger charge is 2.40. The molecule has 4 aromatic rings. The van der Waals surface area contributed by atoms with Crippen molar-refractivity contribution >= 4 is 28.3 Å². The molecule has 4 rings (SSSR count). The summed E-state index contributed by atoms with van der Waals surface area (Å²) < 4.78 is 45.3. The molecule has 1 amide bonds. The van der Waals surface area contributed by atoms with Crippen molar-refractivity contribution in [3.8, 4) is 11.3 Å². The quantitative estimate of drug-likeness (QED) is 0.392. The van der Waals surface area contributed by atoms with Gasteiger partial charge in [0, 0.05) is 17.1 Å². The van der Waals surface area contributed by atoms with Gasteiger partial charge in [-0.15, -0.1) is 0 Å². The van der Waals surface area contributed by atoms with Crippen molar-refractivity contribution in [3.63, 3.8) is 0 Å². The molecule has 30 heavy (non-hydrogen) atoms. The Balaban J connectivity index is 1.59. The van der Waals surface area contributed by atoms with Crippen LogP contribution in [0.15, 0.2) is 77.2 Å². The van der Waals surface area contributed by atoms with Gasteiger partial charge in [0.05, 0.1) is 5.56 Å². The first kappa shape index (κ1) is 20.0. The molecule has 0 unspecified atom stereocenters. The van der Waals surface area contributed by atoms with Gasteiger partial charge in [0.1, 0.15) is 5.76 Å². The number of amides is 1. The predicted molar refractivity (Wildman–Crippen MR) is 109 cm³/mol. The largest absolute Gasteiger partial charge is 0.451 e. The van der Waals surface area contributed by atoms with Crippen LogP contribution in [0.4, 0.5) is 13.2 Å². The Kier molecular flexibility index (Phi) is 5.26. The standard InChI is InChI=1S/C23H15ClF3NO2/c24-18-9-7-16(8-10-18)20-12-19(21(30-20)23(25,26)27)22(29)28-13-14-5-6-15-3-1-2-4-17(15)11-14/h1-12H,13H2,(H,28,29). The summed E-state index contributed by atoms with van der Waals surface area (Å²) in [6, 6.07) is 20.5. The van der Waals surface area contributed by atoms with Crippen LogP contribution in [0.1, 0.15) is 21.7 Å². The van der Waals surface area contributed by atoms with Gasteiger partial charge in [-0.2, -0.15) is 13.2 Å². The van der Waals surface area contributed by atoms with Gasteiger partial charge in [0.15, 0.2) is 0 Å². The highest BCUT2D eigenvalue weighted by molar-refractivity contribution is 6.30. The highest BCUT2D eigenvalue weighted by atomic mass is 35.5. The second kappa shape index (κ2) is 7.88. The maximum absolute atomic E-state index is 13.4. The Hall–Kier alpha value is -3.25. The number of rotatable bonds is 4. The number of alkyl halides is 3. The van der Waals surface area contributed by atoms with Gasteiger partial charge < -0.3 is 9.73 Å². The Morgan fingerprint density at radius 1 is 0.933 bits per heavy atom. The number of halogens is 4. The third-order valence-corrected chi connectivity index (χ3v) is 4.88. The molecule has 0 aliphatic rings. The average molecular weight is 430 g/mol. The molecule has 1 heterocycles. The van der Waals surface area contributed by atoms with Crippen LogP contribution in [-0.4, -0.2) is 5.91 Å². The van der Waals surface area contributed by atoms with E-state index in [4.69, 9.17) is 16.0 Å². The van der Waals surface area contributed by atoms with E-state index in [1.165, 1.54) is 24.3 Å². The van der Waals surface area contributed by atoms with E-state index in [9.17, 15) is 18.0 Å². The van der Waals surface area contributed by atoms with Crippen LogP contribution in [0.3, 0.4) is 0 Å². The van der Waals surface area contributed by atoms with Crippen LogP contribution in [0, 0.1) is 0 Å². The minimum absolute atomic E-state index is 0.0603. The summed E-state index contributed by atoms with van der Waals surface area (Å²) in [7, 11) is 0. The number of fused-ring (bicyclic) bond motifs is 1. The van der Waals surface area contributed by atoms with E-state index in [-0.39, 0.29) is 12.3 Å². The Morgan fingerprint density at radius 2 is 1.63 bits per heavy atom. The molecule has 3 aromatic carbocycles. The fraction of sp³-hybridized carbons (Fsp3) is 0.0870. The maximum Gasteiger partial charge on any atom is 0.450 e. The number of carbonyl (C=O) groups excluding carboxylic acids is 1. The van der Waals surface area contributed by atoms with Crippen LogP contribution < -0.4 is 5.32 Å². The zero-order valence-corrected chi connectivity index (χ0v) is 16.2. The first-order valence-electron chi connectivity index (χ1n) is 9.04. The van der Waals surface area contributed by atoms with E-state index in [0.29, 0.717) is 10.6 Å². The van der Waals surface area contributed by atoms with Crippen molar-refractivity contribution in [2.24, 2.45) is 0 Å². The van der Waals surface area contributed by atoms with Crippen molar-refractivity contribution in [2.45, 2.75) is 12.7 Å². The molecular formula is C23H15ClF3NO2. The highest BCUT2D eigenvalue weighted by Crippen LogP contribution is 2.37. The molecule has 0 radical (unpaired) electrons. The summed E-state index contributed by atoms with van der Waals surface area (Å²) in [4.78, 5) is 12.6. The minimum atomic E-state index is -4.81. The lowest BCUT2D eigenvalue weighted by Gasteiger charge is -2.08. The molecule has 0 bridgehead atoms. The zero-order chi connectivity index (χ0) is 21.3. The summed E-state index contributed by atoms with van der Waals surface area (Å²) >= 11 is 5.82. The zero-order valence-electron chi connectivity index (χ0n) is 15.5. The minimum Gasteiger partial charge on any atom is -0.451 e. The fourth-order valence-corrected chi connectivity index (χ4v) is 3.28. The van der Waals surface area contributed by atoms with Crippen molar-refractivity contribution in [2.75, 3.05) is 0 Å². The molecule has 0 aliphatic heterocycles. The number of carbonyl (C=O) groups is 1. The molecule has 0 saturated heterocycles. The summed E-state index contributed by atoms with van der Waals surface area (Å²) in [5.74, 6) is -2.25. The molecule has 7 heteroatoms. The van der Waals surface area contributed by atoms with Gasteiger partial charge in [-0.1, -0.05) is 48.0 Å². The number of hydrogen-bond donors (Lipinski definition) is 1. The summed E-state index contributed by atoms with van der Waals surface area (Å²) in [5, 5.41) is 5.00. The lowest BCUT2D eigenvalue weighted by Crippen LogP contribution is -2.24. The van der Waals surface area contributed by atoms with Gasteiger partial charge >= 0.3 is 6.18 Å². The summed E-state index contributed by atoms with van der Waals surface area (Å²) in [5.41, 5.74) is 0.601. The molecule has 0 atom stereocenters. The van der Waals surface area contributed by atoms with Gasteiger partial charge in [0.25, 0.3) is 5.91 Å². The average Bonchev–Trinajstić information content (AvgIpc) is 3.18. The van der Waals surface area contributed by atoms with E-state index in [0.717, 1.165) is 22.4 Å². The molecule has 0 fully saturated rings. The predicted octanol–water partition coefficient (Wildman–Crippen LogP) is 6.70. The third-order valence-electron chi connectivity index (χ3n) is 4.63. The molecule has 3 nitrogen and oxygen atoms in total. The molecular weight excluding hydrogens is 415 g/mol. The monoisotopic (exact) mass is 429 g/mol. The van der Waals surface area contributed by atoms with E-state index >= 15 is 0 Å². The van der Waals surface area contributed by atoms with Crippen molar-refractivity contribution < 1.29 is 22.4 Å². The van der Waals surface area contributed by atoms with Crippen molar-refractivity contribution in [3.05, 3.63) is 94.7 Å². The number of benzene rings is 3. The van der Waals surface area contributed by atoms with Crippen LogP contribution in [0.2, 0.25) is 5.02 Å². The Morgan fingerprint density at radius 3 is 2.33 bits per heavy atom. The first-order valence-corrected chi connectivity index (χ1v) is 9.42. The van der Waals surface area contributed by atoms with Crippen molar-refractivity contribution in [1.82, 2.24) is 5.32 Å². The fourth-order valence-electron chi connectivity index (χ4n) is 3.15. The van der Waals surface area contributed by atoms with E-state index < -0.39 is 23.4 Å². The van der Waals surface area contributed by atoms with Gasteiger partial charge in [0.2, 0.25) is 5.76 Å². The molecule has 152 valence electrons. The van der Waals surface area contributed by atoms with Gasteiger partial charge in [-0.25, -0.2) is 0 Å². The second-order valence-corrected chi connectivity index (χ2v) is 7.16. The molecule has 0 spiro atoms. The Labute approximate surface area is 175 Å².